The normalized spacial score (nSPS) is 15.5. The second-order valence-electron chi connectivity index (χ2n) is 7.81. The van der Waals surface area contributed by atoms with Crippen LogP contribution in [0.25, 0.3) is 5.76 Å². The second kappa shape index (κ2) is 8.81. The summed E-state index contributed by atoms with van der Waals surface area (Å²) in [4.78, 5) is 13.9. The fraction of sp³-hybridized carbons (Fsp3) is 0.0690. The van der Waals surface area contributed by atoms with Crippen molar-refractivity contribution in [1.29, 1.82) is 0 Å². The van der Waals surface area contributed by atoms with Gasteiger partial charge in [0.25, 0.3) is 0 Å². The van der Waals surface area contributed by atoms with Crippen molar-refractivity contribution < 1.29 is 9.53 Å². The Morgan fingerprint density at radius 2 is 1.62 bits per heavy atom. The van der Waals surface area contributed by atoms with Gasteiger partial charge in [-0.1, -0.05) is 90.5 Å². The third-order valence-electron chi connectivity index (χ3n) is 5.64. The molecule has 1 atom stereocenters. The van der Waals surface area contributed by atoms with Gasteiger partial charge in [-0.15, -0.1) is 11.3 Å². The Morgan fingerprint density at radius 3 is 2.38 bits per heavy atom. The van der Waals surface area contributed by atoms with Crippen LogP contribution < -0.4 is 4.74 Å². The highest BCUT2D eigenvalue weighted by Gasteiger charge is 2.30. The Morgan fingerprint density at radius 1 is 0.875 bits per heavy atom. The summed E-state index contributed by atoms with van der Waals surface area (Å²) >= 11 is 1.64. The number of allylic oxidation sites excluding steroid dienone is 3. The zero-order valence-corrected chi connectivity index (χ0v) is 18.5. The molecule has 156 valence electrons. The third-order valence-corrected chi connectivity index (χ3v) is 6.51. The molecule has 1 unspecified atom stereocenters. The number of hydrogen-bond donors (Lipinski definition) is 0. The van der Waals surface area contributed by atoms with E-state index >= 15 is 0 Å². The lowest BCUT2D eigenvalue weighted by Gasteiger charge is -2.29. The van der Waals surface area contributed by atoms with Crippen molar-refractivity contribution in [3.05, 3.63) is 141 Å². The first kappa shape index (κ1) is 20.2. The molecule has 3 aromatic carbocycles. The molecule has 1 aromatic heterocycles. The van der Waals surface area contributed by atoms with E-state index in [9.17, 15) is 4.79 Å². The molecule has 2 heterocycles. The van der Waals surface area contributed by atoms with Crippen molar-refractivity contribution in [2.75, 3.05) is 0 Å². The Bertz CT molecular complexity index is 1300. The number of ether oxygens (including phenoxy) is 1. The second-order valence-corrected chi connectivity index (χ2v) is 8.76. The molecular formula is C29H22O2S. The average molecular weight is 435 g/mol. The van der Waals surface area contributed by atoms with Gasteiger partial charge in [-0.2, -0.15) is 0 Å². The number of thiophene rings is 1. The highest BCUT2D eigenvalue weighted by atomic mass is 32.1. The first-order valence-electron chi connectivity index (χ1n) is 10.6. The smallest absolute Gasteiger partial charge is 0.185 e. The SMILES string of the molecule is Cc1ccc(C2C(C=CC(=O)c3ccccc3)=C(c3cccs3)Oc3ccccc32)cc1. The van der Waals surface area contributed by atoms with E-state index in [-0.39, 0.29) is 11.7 Å². The van der Waals surface area contributed by atoms with Crippen LogP contribution in [0.3, 0.4) is 0 Å². The number of rotatable bonds is 5. The van der Waals surface area contributed by atoms with Crippen LogP contribution in [-0.4, -0.2) is 5.78 Å². The van der Waals surface area contributed by atoms with Gasteiger partial charge in [0, 0.05) is 22.6 Å². The van der Waals surface area contributed by atoms with Crippen LogP contribution in [0.5, 0.6) is 5.75 Å². The number of fused-ring (bicyclic) bond motifs is 1. The number of hydrogen-bond acceptors (Lipinski definition) is 3. The van der Waals surface area contributed by atoms with Crippen molar-refractivity contribution in [3.63, 3.8) is 0 Å². The molecule has 0 saturated heterocycles. The number of ketones is 1. The maximum atomic E-state index is 12.9. The minimum Gasteiger partial charge on any atom is -0.455 e. The molecule has 0 spiro atoms. The molecule has 5 rings (SSSR count). The van der Waals surface area contributed by atoms with Crippen LogP contribution in [0.15, 0.2) is 114 Å². The molecule has 0 fully saturated rings. The van der Waals surface area contributed by atoms with Crippen LogP contribution in [0.4, 0.5) is 0 Å². The monoisotopic (exact) mass is 434 g/mol. The molecule has 0 aliphatic carbocycles. The summed E-state index contributed by atoms with van der Waals surface area (Å²) in [5.41, 5.74) is 5.15. The Kier molecular flexibility index (Phi) is 5.57. The summed E-state index contributed by atoms with van der Waals surface area (Å²) in [5, 5.41) is 2.05. The molecule has 32 heavy (non-hydrogen) atoms. The van der Waals surface area contributed by atoms with E-state index in [1.54, 1.807) is 17.4 Å². The van der Waals surface area contributed by atoms with Crippen LogP contribution in [0.2, 0.25) is 0 Å². The summed E-state index contributed by atoms with van der Waals surface area (Å²) in [7, 11) is 0. The van der Waals surface area contributed by atoms with E-state index in [2.05, 4.69) is 43.3 Å². The van der Waals surface area contributed by atoms with Crippen LogP contribution in [-0.2, 0) is 0 Å². The van der Waals surface area contributed by atoms with Crippen molar-refractivity contribution in [3.8, 4) is 5.75 Å². The summed E-state index contributed by atoms with van der Waals surface area (Å²) in [6.07, 6.45) is 3.60. The summed E-state index contributed by atoms with van der Waals surface area (Å²) in [6, 6.07) is 30.2. The molecule has 1 aliphatic rings. The zero-order valence-electron chi connectivity index (χ0n) is 17.7. The highest BCUT2D eigenvalue weighted by Crippen LogP contribution is 2.46. The fourth-order valence-corrected chi connectivity index (χ4v) is 4.76. The standard InChI is InChI=1S/C29H22O2S/c1-20-13-15-22(16-14-20)28-23-10-5-6-11-26(23)31-29(27-12-7-19-32-27)24(28)17-18-25(30)21-8-3-2-4-9-21/h2-19,28H,1H3. The lowest BCUT2D eigenvalue weighted by molar-refractivity contribution is 0.104. The lowest BCUT2D eigenvalue weighted by atomic mass is 9.81. The van der Waals surface area contributed by atoms with Gasteiger partial charge < -0.3 is 4.74 Å². The molecule has 0 amide bonds. The van der Waals surface area contributed by atoms with E-state index < -0.39 is 0 Å². The van der Waals surface area contributed by atoms with Gasteiger partial charge in [-0.05, 0) is 36.1 Å². The van der Waals surface area contributed by atoms with E-state index in [0.29, 0.717) is 5.56 Å². The number of carbonyl (C=O) groups is 1. The largest absolute Gasteiger partial charge is 0.455 e. The molecule has 1 aliphatic heterocycles. The average Bonchev–Trinajstić information content (AvgIpc) is 3.38. The maximum Gasteiger partial charge on any atom is 0.185 e. The number of benzene rings is 3. The Labute approximate surface area is 192 Å². The topological polar surface area (TPSA) is 26.3 Å². The minimum atomic E-state index is -0.0301. The van der Waals surface area contributed by atoms with Crippen molar-refractivity contribution in [2.24, 2.45) is 0 Å². The lowest BCUT2D eigenvalue weighted by Crippen LogP contribution is -2.15. The Balaban J connectivity index is 1.67. The molecule has 0 radical (unpaired) electrons. The molecule has 3 heteroatoms. The predicted octanol–water partition coefficient (Wildman–Crippen LogP) is 7.43. The van der Waals surface area contributed by atoms with Crippen molar-refractivity contribution in [1.82, 2.24) is 0 Å². The van der Waals surface area contributed by atoms with Crippen LogP contribution in [0, 0.1) is 6.92 Å². The van der Waals surface area contributed by atoms with Crippen molar-refractivity contribution in [2.45, 2.75) is 12.8 Å². The quantitative estimate of drug-likeness (QED) is 0.241. The Hall–Kier alpha value is -3.69. The van der Waals surface area contributed by atoms with E-state index in [1.807, 2.05) is 66.1 Å². The van der Waals surface area contributed by atoms with Gasteiger partial charge in [-0.25, -0.2) is 0 Å². The van der Waals surface area contributed by atoms with Gasteiger partial charge in [0.15, 0.2) is 5.78 Å². The minimum absolute atomic E-state index is 0.0230. The molecule has 2 nitrogen and oxygen atoms in total. The van der Waals surface area contributed by atoms with E-state index in [1.165, 1.54) is 11.1 Å². The summed E-state index contributed by atoms with van der Waals surface area (Å²) in [6.45, 7) is 2.09. The first-order chi connectivity index (χ1) is 15.7. The fourth-order valence-electron chi connectivity index (χ4n) is 4.03. The van der Waals surface area contributed by atoms with E-state index in [0.717, 1.165) is 27.5 Å². The molecule has 0 bridgehead atoms. The molecule has 0 saturated carbocycles. The predicted molar refractivity (Wildman–Crippen MR) is 131 cm³/mol. The molecular weight excluding hydrogens is 412 g/mol. The summed E-state index contributed by atoms with van der Waals surface area (Å²) in [5.74, 6) is 1.61. The number of carbonyl (C=O) groups excluding carboxylic acids is 1. The summed E-state index contributed by atoms with van der Waals surface area (Å²) < 4.78 is 6.43. The number of aryl methyl sites for hydroxylation is 1. The van der Waals surface area contributed by atoms with Crippen LogP contribution in [0.1, 0.15) is 37.8 Å². The third kappa shape index (κ3) is 3.95. The van der Waals surface area contributed by atoms with Crippen molar-refractivity contribution >= 4 is 22.9 Å². The highest BCUT2D eigenvalue weighted by molar-refractivity contribution is 7.11. The van der Waals surface area contributed by atoms with Crippen LogP contribution >= 0.6 is 11.3 Å². The van der Waals surface area contributed by atoms with Gasteiger partial charge >= 0.3 is 0 Å². The number of para-hydroxylation sites is 1. The zero-order chi connectivity index (χ0) is 21.9. The van der Waals surface area contributed by atoms with Gasteiger partial charge in [0.05, 0.1) is 4.88 Å². The maximum absolute atomic E-state index is 12.9. The molecule has 0 N–H and O–H groups in total. The van der Waals surface area contributed by atoms with Gasteiger partial charge in [0.1, 0.15) is 11.5 Å². The van der Waals surface area contributed by atoms with E-state index in [4.69, 9.17) is 4.74 Å². The first-order valence-corrected chi connectivity index (χ1v) is 11.5. The van der Waals surface area contributed by atoms with Gasteiger partial charge in [0.2, 0.25) is 0 Å². The molecule has 4 aromatic rings. The van der Waals surface area contributed by atoms with Gasteiger partial charge in [-0.3, -0.25) is 4.79 Å².